The van der Waals surface area contributed by atoms with Gasteiger partial charge in [-0.1, -0.05) is 0 Å². The van der Waals surface area contributed by atoms with E-state index in [0.29, 0.717) is 22.3 Å². The maximum atomic E-state index is 11.4. The average Bonchev–Trinajstić information content (AvgIpc) is 2.42. The largest absolute Gasteiger partial charge is 0.504 e. The van der Waals surface area contributed by atoms with Crippen LogP contribution in [0.5, 0.6) is 17.2 Å². The number of aryl methyl sites for hydroxylation is 1. The lowest BCUT2D eigenvalue weighted by atomic mass is 10.0. The van der Waals surface area contributed by atoms with Crippen LogP contribution >= 0.6 is 0 Å². The third-order valence-corrected chi connectivity index (χ3v) is 3.17. The van der Waals surface area contributed by atoms with Crippen molar-refractivity contribution in [3.05, 3.63) is 40.1 Å². The Morgan fingerprint density at radius 3 is 2.04 bits per heavy atom. The SMILES string of the molecule is Cc1c2cc(O)c(=O)cc-2oc2cc(O)c(O)cc12.O=S(=O)(O)O. The molecule has 0 saturated heterocycles. The minimum absolute atomic E-state index is 0.255. The summed E-state index contributed by atoms with van der Waals surface area (Å²) in [5.41, 5.74) is 1.14. The van der Waals surface area contributed by atoms with Gasteiger partial charge in [-0.2, -0.15) is 8.42 Å². The minimum Gasteiger partial charge on any atom is -0.504 e. The Labute approximate surface area is 135 Å². The van der Waals surface area contributed by atoms with E-state index in [1.807, 2.05) is 0 Å². The molecule has 128 valence electrons. The van der Waals surface area contributed by atoms with Crippen molar-refractivity contribution >= 4 is 21.4 Å². The van der Waals surface area contributed by atoms with Crippen LogP contribution in [-0.2, 0) is 10.4 Å². The maximum absolute atomic E-state index is 11.4. The first kappa shape index (κ1) is 17.5. The molecule has 0 spiro atoms. The lowest BCUT2D eigenvalue weighted by molar-refractivity contribution is 0.381. The number of benzene rings is 2. The van der Waals surface area contributed by atoms with Crippen molar-refractivity contribution in [3.63, 3.8) is 0 Å². The molecule has 0 bridgehead atoms. The minimum atomic E-state index is -4.67. The third kappa shape index (κ3) is 3.74. The molecule has 9 nitrogen and oxygen atoms in total. The second-order valence-corrected chi connectivity index (χ2v) is 5.72. The van der Waals surface area contributed by atoms with Gasteiger partial charge in [0.2, 0.25) is 5.43 Å². The van der Waals surface area contributed by atoms with Gasteiger partial charge in [0, 0.05) is 23.1 Å². The Bertz CT molecular complexity index is 1040. The van der Waals surface area contributed by atoms with Crippen LogP contribution in [0, 0.1) is 6.92 Å². The number of hydrogen-bond acceptors (Lipinski definition) is 7. The van der Waals surface area contributed by atoms with Gasteiger partial charge in [-0.3, -0.25) is 13.9 Å². The summed E-state index contributed by atoms with van der Waals surface area (Å²) in [6.45, 7) is 1.78. The van der Waals surface area contributed by atoms with Crippen LogP contribution in [0.25, 0.3) is 22.3 Å². The lowest BCUT2D eigenvalue weighted by Gasteiger charge is -2.12. The van der Waals surface area contributed by atoms with E-state index in [9.17, 15) is 20.1 Å². The quantitative estimate of drug-likeness (QED) is 0.229. The van der Waals surface area contributed by atoms with Gasteiger partial charge >= 0.3 is 10.4 Å². The molecule has 1 aliphatic heterocycles. The van der Waals surface area contributed by atoms with E-state index in [1.54, 1.807) is 6.92 Å². The van der Waals surface area contributed by atoms with Crippen molar-refractivity contribution in [2.24, 2.45) is 0 Å². The monoisotopic (exact) mass is 356 g/mol. The first-order valence-corrected chi connectivity index (χ1v) is 7.69. The molecule has 24 heavy (non-hydrogen) atoms. The van der Waals surface area contributed by atoms with Crippen LogP contribution in [0.1, 0.15) is 5.56 Å². The molecule has 0 amide bonds. The highest BCUT2D eigenvalue weighted by Gasteiger charge is 2.16. The van der Waals surface area contributed by atoms with Gasteiger partial charge in [0.25, 0.3) is 0 Å². The summed E-state index contributed by atoms with van der Waals surface area (Å²) in [7, 11) is -4.67. The van der Waals surface area contributed by atoms with Gasteiger partial charge < -0.3 is 19.7 Å². The topological polar surface area (TPSA) is 165 Å². The summed E-state index contributed by atoms with van der Waals surface area (Å²) < 4.78 is 37.1. The standard InChI is InChI=1S/C14H10O5.H2O4S/c1-6-7-2-9(15)11(17)4-13(7)19-14-5-12(18)10(16)3-8(6)14;1-5(2,3)4/h2-5,15-17H,1H3;(H2,1,2,3,4). The number of rotatable bonds is 0. The maximum Gasteiger partial charge on any atom is 0.394 e. The summed E-state index contributed by atoms with van der Waals surface area (Å²) in [6.07, 6.45) is 0. The van der Waals surface area contributed by atoms with Gasteiger partial charge in [-0.15, -0.1) is 0 Å². The van der Waals surface area contributed by atoms with Gasteiger partial charge in [-0.05, 0) is 24.6 Å². The van der Waals surface area contributed by atoms with Crippen LogP contribution in [0.15, 0.2) is 33.5 Å². The molecule has 0 fully saturated rings. The molecular formula is C14H12O9S. The lowest BCUT2D eigenvalue weighted by Crippen LogP contribution is -2.01. The Morgan fingerprint density at radius 1 is 0.917 bits per heavy atom. The van der Waals surface area contributed by atoms with E-state index in [4.69, 9.17) is 21.9 Å². The summed E-state index contributed by atoms with van der Waals surface area (Å²) in [4.78, 5) is 11.4. The fraction of sp³-hybridized carbons (Fsp3) is 0.0714. The molecule has 0 radical (unpaired) electrons. The van der Waals surface area contributed by atoms with Crippen LogP contribution in [-0.4, -0.2) is 32.8 Å². The molecule has 1 heterocycles. The zero-order valence-electron chi connectivity index (χ0n) is 12.1. The average molecular weight is 356 g/mol. The van der Waals surface area contributed by atoms with Crippen molar-refractivity contribution in [1.29, 1.82) is 0 Å². The van der Waals surface area contributed by atoms with E-state index in [0.717, 1.165) is 5.56 Å². The smallest absolute Gasteiger partial charge is 0.394 e. The number of phenolic OH excluding ortho intramolecular Hbond substituents is 3. The molecule has 0 aromatic heterocycles. The van der Waals surface area contributed by atoms with Crippen molar-refractivity contribution < 1.29 is 37.3 Å². The van der Waals surface area contributed by atoms with E-state index in [1.165, 1.54) is 24.3 Å². The molecule has 0 unspecified atom stereocenters. The van der Waals surface area contributed by atoms with E-state index in [-0.39, 0.29) is 17.2 Å². The molecule has 2 aliphatic rings. The zero-order chi connectivity index (χ0) is 18.2. The fourth-order valence-electron chi connectivity index (χ4n) is 2.13. The van der Waals surface area contributed by atoms with Gasteiger partial charge in [-0.25, -0.2) is 0 Å². The highest BCUT2D eigenvalue weighted by Crippen LogP contribution is 2.38. The Balaban J connectivity index is 0.000000368. The molecule has 1 aliphatic carbocycles. The van der Waals surface area contributed by atoms with Crippen LogP contribution in [0.3, 0.4) is 0 Å². The number of hydrogen-bond donors (Lipinski definition) is 5. The molecule has 0 atom stereocenters. The fourth-order valence-corrected chi connectivity index (χ4v) is 2.13. The summed E-state index contributed by atoms with van der Waals surface area (Å²) in [5, 5.41) is 29.1. The van der Waals surface area contributed by atoms with Crippen molar-refractivity contribution in [1.82, 2.24) is 0 Å². The summed E-state index contributed by atoms with van der Waals surface area (Å²) in [6, 6.07) is 5.19. The summed E-state index contributed by atoms with van der Waals surface area (Å²) >= 11 is 0. The summed E-state index contributed by atoms with van der Waals surface area (Å²) in [5.74, 6) is -0.586. The van der Waals surface area contributed by atoms with Gasteiger partial charge in [0.05, 0.1) is 0 Å². The zero-order valence-corrected chi connectivity index (χ0v) is 12.9. The highest BCUT2D eigenvalue weighted by atomic mass is 32.3. The molecular weight excluding hydrogens is 344 g/mol. The van der Waals surface area contributed by atoms with Crippen molar-refractivity contribution in [2.45, 2.75) is 6.92 Å². The van der Waals surface area contributed by atoms with Crippen molar-refractivity contribution in [3.8, 4) is 28.6 Å². The number of phenols is 3. The van der Waals surface area contributed by atoms with E-state index < -0.39 is 15.8 Å². The Hall–Kier alpha value is -2.82. The Morgan fingerprint density at radius 2 is 1.46 bits per heavy atom. The number of aromatic hydroxyl groups is 3. The predicted octanol–water partition coefficient (Wildman–Crippen LogP) is 1.67. The van der Waals surface area contributed by atoms with Crippen molar-refractivity contribution in [2.75, 3.05) is 0 Å². The third-order valence-electron chi connectivity index (χ3n) is 3.17. The molecule has 3 rings (SSSR count). The normalized spacial score (nSPS) is 11.3. The number of fused-ring (bicyclic) bond motifs is 2. The predicted molar refractivity (Wildman–Crippen MR) is 83.0 cm³/mol. The highest BCUT2D eigenvalue weighted by molar-refractivity contribution is 7.79. The van der Waals surface area contributed by atoms with E-state index in [2.05, 4.69) is 0 Å². The van der Waals surface area contributed by atoms with Gasteiger partial charge in [0.15, 0.2) is 17.2 Å². The van der Waals surface area contributed by atoms with Gasteiger partial charge in [0.1, 0.15) is 11.3 Å². The molecule has 1 aromatic carbocycles. The molecule has 0 saturated carbocycles. The van der Waals surface area contributed by atoms with E-state index >= 15 is 0 Å². The van der Waals surface area contributed by atoms with Crippen LogP contribution < -0.4 is 5.43 Å². The first-order valence-electron chi connectivity index (χ1n) is 6.29. The Kier molecular flexibility index (Phi) is 4.38. The van der Waals surface area contributed by atoms with Crippen LogP contribution in [0.2, 0.25) is 0 Å². The molecule has 5 N–H and O–H groups in total. The molecule has 1 aromatic rings. The second-order valence-electron chi connectivity index (χ2n) is 4.83. The molecule has 10 heteroatoms. The first-order chi connectivity index (χ1) is 11.0. The van der Waals surface area contributed by atoms with Crippen LogP contribution in [0.4, 0.5) is 0 Å². The second kappa shape index (κ2) is 6.00.